The Hall–Kier alpha value is -3.56. The van der Waals surface area contributed by atoms with Crippen molar-refractivity contribution in [1.29, 1.82) is 0 Å². The van der Waals surface area contributed by atoms with Gasteiger partial charge in [0.1, 0.15) is 24.8 Å². The van der Waals surface area contributed by atoms with Gasteiger partial charge in [0.05, 0.1) is 23.4 Å². The van der Waals surface area contributed by atoms with Gasteiger partial charge in [-0.25, -0.2) is 4.39 Å². The van der Waals surface area contributed by atoms with Crippen LogP contribution in [0.15, 0.2) is 49.1 Å². The Balaban J connectivity index is 1.57. The van der Waals surface area contributed by atoms with E-state index in [1.807, 2.05) is 0 Å². The first-order valence-corrected chi connectivity index (χ1v) is 7.23. The molecule has 0 unspecified atom stereocenters. The van der Waals surface area contributed by atoms with Crippen molar-refractivity contribution in [3.05, 3.63) is 70.5 Å². The Labute approximate surface area is 140 Å². The van der Waals surface area contributed by atoms with E-state index in [0.29, 0.717) is 12.2 Å². The summed E-state index contributed by atoms with van der Waals surface area (Å²) in [5.41, 5.74) is 1.17. The summed E-state index contributed by atoms with van der Waals surface area (Å²) in [6, 6.07) is 6.04. The predicted molar refractivity (Wildman–Crippen MR) is 85.2 cm³/mol. The third-order valence-electron chi connectivity index (χ3n) is 3.31. The molecule has 2 aromatic heterocycles. The van der Waals surface area contributed by atoms with Crippen LogP contribution in [-0.2, 0) is 17.9 Å². The van der Waals surface area contributed by atoms with E-state index in [-0.39, 0.29) is 24.0 Å². The maximum atomic E-state index is 12.9. The molecule has 0 saturated carbocycles. The SMILES string of the molecule is O=C(Cn1cc([N+](=O)[O-])cn1)Nc1cnn(Cc2ccc(F)cc2)c1. The highest BCUT2D eigenvalue weighted by molar-refractivity contribution is 5.90. The smallest absolute Gasteiger partial charge is 0.307 e. The van der Waals surface area contributed by atoms with E-state index < -0.39 is 4.92 Å². The standard InChI is InChI=1S/C15H13FN6O3/c16-12-3-1-11(2-4-12)7-20-8-13(5-17-20)19-15(23)10-21-9-14(6-18-21)22(24)25/h1-6,8-9H,7,10H2,(H,19,23). The molecular formula is C15H13FN6O3. The minimum atomic E-state index is -0.582. The number of aromatic nitrogens is 4. The molecule has 0 fully saturated rings. The summed E-state index contributed by atoms with van der Waals surface area (Å²) < 4.78 is 15.7. The number of carbonyl (C=O) groups is 1. The molecule has 0 aliphatic rings. The third-order valence-corrected chi connectivity index (χ3v) is 3.31. The average molecular weight is 344 g/mol. The van der Waals surface area contributed by atoms with Crippen LogP contribution in [0.25, 0.3) is 0 Å². The second-order valence-corrected chi connectivity index (χ2v) is 5.25. The fourth-order valence-corrected chi connectivity index (χ4v) is 2.17. The fourth-order valence-electron chi connectivity index (χ4n) is 2.17. The van der Waals surface area contributed by atoms with Crippen molar-refractivity contribution >= 4 is 17.3 Å². The second kappa shape index (κ2) is 6.91. The lowest BCUT2D eigenvalue weighted by Crippen LogP contribution is -2.18. The molecule has 0 saturated heterocycles. The van der Waals surface area contributed by atoms with Crippen molar-refractivity contribution in [2.24, 2.45) is 0 Å². The summed E-state index contributed by atoms with van der Waals surface area (Å²) in [6.45, 7) is 0.276. The van der Waals surface area contributed by atoms with Crippen LogP contribution < -0.4 is 5.32 Å². The quantitative estimate of drug-likeness (QED) is 0.542. The van der Waals surface area contributed by atoms with Gasteiger partial charge in [0.25, 0.3) is 0 Å². The van der Waals surface area contributed by atoms with E-state index in [9.17, 15) is 19.3 Å². The van der Waals surface area contributed by atoms with Gasteiger partial charge >= 0.3 is 5.69 Å². The fraction of sp³-hybridized carbons (Fsp3) is 0.133. The largest absolute Gasteiger partial charge is 0.322 e. The number of benzene rings is 1. The highest BCUT2D eigenvalue weighted by Crippen LogP contribution is 2.10. The van der Waals surface area contributed by atoms with Crippen LogP contribution in [-0.4, -0.2) is 30.4 Å². The molecule has 1 N–H and O–H groups in total. The topological polar surface area (TPSA) is 108 Å². The van der Waals surface area contributed by atoms with E-state index in [2.05, 4.69) is 15.5 Å². The summed E-state index contributed by atoms with van der Waals surface area (Å²) in [7, 11) is 0. The molecule has 0 aliphatic carbocycles. The second-order valence-electron chi connectivity index (χ2n) is 5.25. The summed E-state index contributed by atoms with van der Waals surface area (Å²) in [6.07, 6.45) is 5.37. The lowest BCUT2D eigenvalue weighted by molar-refractivity contribution is -0.385. The molecule has 3 aromatic rings. The Morgan fingerprint density at radius 3 is 2.56 bits per heavy atom. The Morgan fingerprint density at radius 1 is 1.16 bits per heavy atom. The van der Waals surface area contributed by atoms with E-state index in [1.54, 1.807) is 23.0 Å². The van der Waals surface area contributed by atoms with Crippen LogP contribution in [0.2, 0.25) is 0 Å². The van der Waals surface area contributed by atoms with Crippen molar-refractivity contribution in [1.82, 2.24) is 19.6 Å². The number of hydrogen-bond acceptors (Lipinski definition) is 5. The van der Waals surface area contributed by atoms with Crippen molar-refractivity contribution in [3.63, 3.8) is 0 Å². The van der Waals surface area contributed by atoms with E-state index in [0.717, 1.165) is 11.8 Å². The van der Waals surface area contributed by atoms with Crippen molar-refractivity contribution in [2.75, 3.05) is 5.32 Å². The number of carbonyl (C=O) groups excluding carboxylic acids is 1. The molecule has 0 atom stereocenters. The molecule has 0 radical (unpaired) electrons. The first-order valence-electron chi connectivity index (χ1n) is 7.23. The predicted octanol–water partition coefficient (Wildman–Crippen LogP) is 1.81. The van der Waals surface area contributed by atoms with Crippen LogP contribution >= 0.6 is 0 Å². The molecule has 3 rings (SSSR count). The van der Waals surface area contributed by atoms with Crippen LogP contribution in [0.1, 0.15) is 5.56 Å². The number of halogens is 1. The Morgan fingerprint density at radius 2 is 1.88 bits per heavy atom. The summed E-state index contributed by atoms with van der Waals surface area (Å²) in [5.74, 6) is -0.699. The number of hydrogen-bond donors (Lipinski definition) is 1. The Kier molecular flexibility index (Phi) is 4.50. The van der Waals surface area contributed by atoms with Gasteiger partial charge in [0.15, 0.2) is 0 Å². The summed E-state index contributed by atoms with van der Waals surface area (Å²) >= 11 is 0. The minimum Gasteiger partial charge on any atom is -0.322 e. The normalized spacial score (nSPS) is 10.6. The van der Waals surface area contributed by atoms with E-state index in [1.165, 1.54) is 29.2 Å². The maximum Gasteiger partial charge on any atom is 0.307 e. The summed E-state index contributed by atoms with van der Waals surface area (Å²) in [4.78, 5) is 21.9. The highest BCUT2D eigenvalue weighted by Gasteiger charge is 2.12. The van der Waals surface area contributed by atoms with E-state index in [4.69, 9.17) is 0 Å². The minimum absolute atomic E-state index is 0.156. The van der Waals surface area contributed by atoms with Gasteiger partial charge in [-0.2, -0.15) is 10.2 Å². The van der Waals surface area contributed by atoms with Gasteiger partial charge in [-0.1, -0.05) is 12.1 Å². The first kappa shape index (κ1) is 16.3. The molecule has 1 amide bonds. The van der Waals surface area contributed by atoms with Crippen LogP contribution in [0.3, 0.4) is 0 Å². The highest BCUT2D eigenvalue weighted by atomic mass is 19.1. The van der Waals surface area contributed by atoms with Crippen molar-refractivity contribution in [3.8, 4) is 0 Å². The van der Waals surface area contributed by atoms with Gasteiger partial charge in [0.2, 0.25) is 5.91 Å². The van der Waals surface area contributed by atoms with Crippen LogP contribution in [0, 0.1) is 15.9 Å². The average Bonchev–Trinajstić information content (AvgIpc) is 3.19. The van der Waals surface area contributed by atoms with Gasteiger partial charge < -0.3 is 5.32 Å². The number of rotatable bonds is 6. The van der Waals surface area contributed by atoms with Gasteiger partial charge in [-0.15, -0.1) is 0 Å². The van der Waals surface area contributed by atoms with Crippen LogP contribution in [0.4, 0.5) is 15.8 Å². The molecule has 0 bridgehead atoms. The lowest BCUT2D eigenvalue weighted by atomic mass is 10.2. The molecule has 128 valence electrons. The molecule has 25 heavy (non-hydrogen) atoms. The number of nitro groups is 1. The monoisotopic (exact) mass is 344 g/mol. The zero-order valence-corrected chi connectivity index (χ0v) is 12.9. The van der Waals surface area contributed by atoms with Crippen LogP contribution in [0.5, 0.6) is 0 Å². The third kappa shape index (κ3) is 4.25. The molecule has 1 aromatic carbocycles. The van der Waals surface area contributed by atoms with Gasteiger partial charge in [0, 0.05) is 6.20 Å². The molecule has 9 nitrogen and oxygen atoms in total. The number of anilines is 1. The van der Waals surface area contributed by atoms with Crippen molar-refractivity contribution in [2.45, 2.75) is 13.1 Å². The number of nitrogens with one attached hydrogen (secondary N) is 1. The first-order chi connectivity index (χ1) is 12.0. The zero-order valence-electron chi connectivity index (χ0n) is 12.9. The molecule has 0 spiro atoms. The lowest BCUT2D eigenvalue weighted by Gasteiger charge is -2.03. The molecular weight excluding hydrogens is 331 g/mol. The summed E-state index contributed by atoms with van der Waals surface area (Å²) in [5, 5.41) is 21.1. The molecule has 2 heterocycles. The number of amides is 1. The Bertz CT molecular complexity index is 902. The van der Waals surface area contributed by atoms with Crippen molar-refractivity contribution < 1.29 is 14.1 Å². The van der Waals surface area contributed by atoms with Gasteiger partial charge in [-0.3, -0.25) is 24.3 Å². The molecule has 0 aliphatic heterocycles. The number of nitrogens with zero attached hydrogens (tertiary/aromatic N) is 5. The molecule has 10 heteroatoms. The maximum absolute atomic E-state index is 12.9. The van der Waals surface area contributed by atoms with E-state index >= 15 is 0 Å². The van der Waals surface area contributed by atoms with Gasteiger partial charge in [-0.05, 0) is 17.7 Å². The zero-order chi connectivity index (χ0) is 17.8.